The van der Waals surface area contributed by atoms with Crippen LogP contribution in [0.15, 0.2) is 53.0 Å². The van der Waals surface area contributed by atoms with Crippen LogP contribution in [0.5, 0.6) is 5.75 Å². The molecule has 36 heavy (non-hydrogen) atoms. The van der Waals surface area contributed by atoms with E-state index in [2.05, 4.69) is 27.3 Å². The highest BCUT2D eigenvalue weighted by atomic mass is 79.9. The summed E-state index contributed by atoms with van der Waals surface area (Å²) in [4.78, 5) is 22.9. The molecule has 0 saturated carbocycles. The van der Waals surface area contributed by atoms with Crippen molar-refractivity contribution in [1.82, 2.24) is 15.1 Å². The molecule has 0 spiro atoms. The van der Waals surface area contributed by atoms with E-state index in [0.29, 0.717) is 31.9 Å². The van der Waals surface area contributed by atoms with Gasteiger partial charge in [0.2, 0.25) is 0 Å². The molecule has 1 aromatic heterocycles. The molecule has 0 radical (unpaired) electrons. The van der Waals surface area contributed by atoms with Crippen LogP contribution in [0.4, 0.5) is 0 Å². The third-order valence-corrected chi connectivity index (χ3v) is 5.96. The van der Waals surface area contributed by atoms with E-state index in [0.717, 1.165) is 32.6 Å². The summed E-state index contributed by atoms with van der Waals surface area (Å²) >= 11 is 3.45. The van der Waals surface area contributed by atoms with Crippen LogP contribution in [0.3, 0.4) is 0 Å². The van der Waals surface area contributed by atoms with Gasteiger partial charge in [0.25, 0.3) is 0 Å². The van der Waals surface area contributed by atoms with E-state index in [9.17, 15) is 9.59 Å². The van der Waals surface area contributed by atoms with Crippen molar-refractivity contribution in [2.75, 3.05) is 13.2 Å². The van der Waals surface area contributed by atoms with Crippen molar-refractivity contribution in [2.45, 2.75) is 52.8 Å². The Bertz CT molecular complexity index is 1170. The number of ether oxygens (including phenoxy) is 2. The Kier molecular flexibility index (Phi) is 10.1. The number of carbonyl (C=O) groups excluding carboxylic acids is 1. The van der Waals surface area contributed by atoms with Crippen LogP contribution in [0, 0.1) is 6.92 Å². The van der Waals surface area contributed by atoms with E-state index in [1.807, 2.05) is 54.1 Å². The third-order valence-electron chi connectivity index (χ3n) is 5.43. The maximum atomic E-state index is 11.8. The molecule has 2 N–H and O–H groups in total. The summed E-state index contributed by atoms with van der Waals surface area (Å²) in [6.07, 6.45) is 0.252. The van der Waals surface area contributed by atoms with Crippen molar-refractivity contribution in [3.63, 3.8) is 0 Å². The van der Waals surface area contributed by atoms with Gasteiger partial charge >= 0.3 is 11.9 Å². The summed E-state index contributed by atoms with van der Waals surface area (Å²) in [5.74, 6) is -0.512. The van der Waals surface area contributed by atoms with Gasteiger partial charge in [-0.2, -0.15) is 5.10 Å². The van der Waals surface area contributed by atoms with Gasteiger partial charge in [-0.15, -0.1) is 0 Å². The number of rotatable bonds is 13. The average molecular weight is 558 g/mol. The number of nitrogens with one attached hydrogen (secondary N) is 1. The molecule has 0 amide bonds. The summed E-state index contributed by atoms with van der Waals surface area (Å²) in [7, 11) is 0. The molecule has 2 aromatic carbocycles. The lowest BCUT2D eigenvalue weighted by atomic mass is 10.0. The zero-order valence-electron chi connectivity index (χ0n) is 20.8. The summed E-state index contributed by atoms with van der Waals surface area (Å²) in [6.45, 7) is 7.09. The monoisotopic (exact) mass is 557 g/mol. The van der Waals surface area contributed by atoms with Gasteiger partial charge in [0.15, 0.2) is 0 Å². The van der Waals surface area contributed by atoms with Gasteiger partial charge in [-0.05, 0) is 68.7 Å². The number of aromatic nitrogens is 2. The lowest BCUT2D eigenvalue weighted by Gasteiger charge is -2.14. The Hall–Kier alpha value is -3.17. The van der Waals surface area contributed by atoms with Gasteiger partial charge in [-0.25, -0.2) is 0 Å². The Labute approximate surface area is 219 Å². The fraction of sp³-hybridized carbons (Fsp3) is 0.370. The van der Waals surface area contributed by atoms with Crippen LogP contribution < -0.4 is 10.1 Å². The second-order valence-electron chi connectivity index (χ2n) is 8.72. The number of hydrogen-bond acceptors (Lipinski definition) is 6. The highest BCUT2D eigenvalue weighted by molar-refractivity contribution is 9.10. The fourth-order valence-electron chi connectivity index (χ4n) is 3.69. The van der Waals surface area contributed by atoms with Crippen LogP contribution >= 0.6 is 15.9 Å². The maximum Gasteiger partial charge on any atom is 0.320 e. The number of carbonyl (C=O) groups is 2. The molecule has 1 heterocycles. The van der Waals surface area contributed by atoms with Crippen LogP contribution in [0.25, 0.3) is 11.3 Å². The number of esters is 1. The van der Waals surface area contributed by atoms with E-state index < -0.39 is 5.97 Å². The first-order chi connectivity index (χ1) is 17.2. The Balaban J connectivity index is 1.61. The first-order valence-electron chi connectivity index (χ1n) is 11.9. The maximum absolute atomic E-state index is 11.8. The molecule has 9 heteroatoms. The molecule has 0 fully saturated rings. The number of halogens is 1. The molecule has 0 aliphatic rings. The van der Waals surface area contributed by atoms with E-state index in [1.54, 1.807) is 13.8 Å². The normalized spacial score (nSPS) is 11.0. The molecule has 0 unspecified atom stereocenters. The Morgan fingerprint density at radius 3 is 2.56 bits per heavy atom. The van der Waals surface area contributed by atoms with Crippen molar-refractivity contribution in [2.24, 2.45) is 0 Å². The Morgan fingerprint density at radius 1 is 1.11 bits per heavy atom. The molecule has 0 aliphatic heterocycles. The zero-order chi connectivity index (χ0) is 26.1. The number of hydrogen-bond donors (Lipinski definition) is 2. The van der Waals surface area contributed by atoms with Gasteiger partial charge in [0.05, 0.1) is 24.9 Å². The quantitative estimate of drug-likeness (QED) is 0.292. The van der Waals surface area contributed by atoms with Crippen molar-refractivity contribution >= 4 is 27.9 Å². The number of benzene rings is 2. The van der Waals surface area contributed by atoms with Crippen molar-refractivity contribution in [3.05, 3.63) is 69.8 Å². The summed E-state index contributed by atoms with van der Waals surface area (Å²) in [5.41, 5.74) is 4.79. The van der Waals surface area contributed by atoms with Gasteiger partial charge in [-0.3, -0.25) is 14.3 Å². The van der Waals surface area contributed by atoms with Gasteiger partial charge in [0.1, 0.15) is 12.4 Å². The second kappa shape index (κ2) is 13.2. The van der Waals surface area contributed by atoms with Gasteiger partial charge in [-0.1, -0.05) is 34.1 Å². The number of nitrogens with zero attached hydrogens (tertiary/aromatic N) is 2. The zero-order valence-corrected chi connectivity index (χ0v) is 22.4. The predicted molar refractivity (Wildman–Crippen MR) is 141 cm³/mol. The molecule has 3 rings (SSSR count). The smallest absolute Gasteiger partial charge is 0.320 e. The third kappa shape index (κ3) is 8.49. The molecule has 3 aromatic rings. The average Bonchev–Trinajstić information content (AvgIpc) is 3.18. The lowest BCUT2D eigenvalue weighted by molar-refractivity contribution is -0.146. The minimum atomic E-state index is -0.855. The minimum Gasteiger partial charge on any atom is -0.492 e. The first-order valence-corrected chi connectivity index (χ1v) is 12.7. The Morgan fingerprint density at radius 2 is 1.86 bits per heavy atom. The van der Waals surface area contributed by atoms with E-state index in [1.165, 1.54) is 0 Å². The topological polar surface area (TPSA) is 103 Å². The molecule has 8 nitrogen and oxygen atoms in total. The predicted octanol–water partition coefficient (Wildman–Crippen LogP) is 4.76. The number of carboxylic acids is 1. The summed E-state index contributed by atoms with van der Waals surface area (Å²) in [5, 5.41) is 16.9. The van der Waals surface area contributed by atoms with E-state index in [-0.39, 0.29) is 25.0 Å². The molecular formula is C27H32BrN3O5. The molecule has 0 saturated heterocycles. The SMILES string of the molecule is Cc1cc(-c2ccc(Br)cc2)nn1CCOc1ccc(CCC(=O)O)c(CNCC(=O)OC(C)C)c1. The molecule has 192 valence electrons. The standard InChI is InChI=1S/C27H32BrN3O5/c1-18(2)36-27(34)17-29-16-22-15-24(10-6-20(22)7-11-26(32)33)35-13-12-31-19(3)14-25(30-31)21-4-8-23(28)9-5-21/h4-6,8-10,14-15,18,29H,7,11-13,16-17H2,1-3H3,(H,32,33). The fourth-order valence-corrected chi connectivity index (χ4v) is 3.96. The second-order valence-corrected chi connectivity index (χ2v) is 9.63. The largest absolute Gasteiger partial charge is 0.492 e. The van der Waals surface area contributed by atoms with E-state index >= 15 is 0 Å². The van der Waals surface area contributed by atoms with Gasteiger partial charge < -0.3 is 19.9 Å². The molecular weight excluding hydrogens is 526 g/mol. The highest BCUT2D eigenvalue weighted by Crippen LogP contribution is 2.22. The first kappa shape index (κ1) is 27.4. The molecule has 0 aliphatic carbocycles. The van der Waals surface area contributed by atoms with Crippen molar-refractivity contribution < 1.29 is 24.2 Å². The lowest BCUT2D eigenvalue weighted by Crippen LogP contribution is -2.26. The molecule has 0 bridgehead atoms. The number of aryl methyl sites for hydroxylation is 2. The summed E-state index contributed by atoms with van der Waals surface area (Å²) < 4.78 is 14.1. The number of aliphatic carboxylic acids is 1. The van der Waals surface area contributed by atoms with Crippen LogP contribution in [0.2, 0.25) is 0 Å². The summed E-state index contributed by atoms with van der Waals surface area (Å²) in [6, 6.07) is 15.7. The van der Waals surface area contributed by atoms with Crippen LogP contribution in [-0.4, -0.2) is 46.1 Å². The number of carboxylic acid groups (broad SMARTS) is 1. The van der Waals surface area contributed by atoms with Crippen molar-refractivity contribution in [1.29, 1.82) is 0 Å². The highest BCUT2D eigenvalue weighted by Gasteiger charge is 2.11. The van der Waals surface area contributed by atoms with Crippen LogP contribution in [0.1, 0.15) is 37.1 Å². The minimum absolute atomic E-state index is 0.0296. The molecule has 0 atom stereocenters. The van der Waals surface area contributed by atoms with E-state index in [4.69, 9.17) is 19.7 Å². The van der Waals surface area contributed by atoms with Gasteiger partial charge in [0, 0.05) is 28.7 Å². The van der Waals surface area contributed by atoms with Crippen LogP contribution in [-0.2, 0) is 33.8 Å². The van der Waals surface area contributed by atoms with Crippen molar-refractivity contribution in [3.8, 4) is 17.0 Å².